The second-order valence-corrected chi connectivity index (χ2v) is 6.67. The fraction of sp³-hybridized carbons (Fsp3) is 0. The second kappa shape index (κ2) is 8.54. The Bertz CT molecular complexity index is 1150. The lowest BCUT2D eigenvalue weighted by Crippen LogP contribution is -2.18. The number of halogens is 1. The largest absolute Gasteiger partial charge is 0.275 e. The molecule has 1 heterocycles. The van der Waals surface area contributed by atoms with Gasteiger partial charge in [-0.15, -0.1) is 0 Å². The van der Waals surface area contributed by atoms with Crippen LogP contribution in [0.3, 0.4) is 0 Å². The fourth-order valence-corrected chi connectivity index (χ4v) is 3.05. The van der Waals surface area contributed by atoms with Gasteiger partial charge in [0.25, 0.3) is 5.91 Å². The van der Waals surface area contributed by atoms with Crippen molar-refractivity contribution in [2.45, 2.75) is 0 Å². The van der Waals surface area contributed by atoms with Crippen LogP contribution in [0.5, 0.6) is 0 Å². The van der Waals surface area contributed by atoms with Crippen LogP contribution in [-0.4, -0.2) is 21.9 Å². The molecule has 5 nitrogen and oxygen atoms in total. The van der Waals surface area contributed by atoms with E-state index in [0.717, 1.165) is 16.8 Å². The van der Waals surface area contributed by atoms with Gasteiger partial charge in [0.05, 0.1) is 17.5 Å². The van der Waals surface area contributed by atoms with Gasteiger partial charge in [-0.05, 0) is 18.2 Å². The van der Waals surface area contributed by atoms with Crippen LogP contribution in [0.1, 0.15) is 15.9 Å². The number of nitrogens with zero attached hydrogens (tertiary/aromatic N) is 3. The Kier molecular flexibility index (Phi) is 5.49. The molecule has 1 aromatic heterocycles. The number of carbonyl (C=O) groups excluding carboxylic acids is 1. The first-order chi connectivity index (χ1) is 14.2. The Morgan fingerprint density at radius 2 is 1.59 bits per heavy atom. The summed E-state index contributed by atoms with van der Waals surface area (Å²) in [6.07, 6.45) is 3.22. The molecule has 0 spiro atoms. The number of hydrogen-bond acceptors (Lipinski definition) is 3. The Labute approximate surface area is 173 Å². The molecule has 4 aromatic rings. The molecule has 0 radical (unpaired) electrons. The third-order valence-electron chi connectivity index (χ3n) is 4.30. The molecule has 142 valence electrons. The summed E-state index contributed by atoms with van der Waals surface area (Å²) in [6, 6.07) is 26.5. The van der Waals surface area contributed by atoms with Crippen molar-refractivity contribution in [2.75, 3.05) is 0 Å². The first-order valence-corrected chi connectivity index (χ1v) is 9.38. The maximum absolute atomic E-state index is 12.8. The summed E-state index contributed by atoms with van der Waals surface area (Å²) in [5, 5.41) is 9.25. The van der Waals surface area contributed by atoms with Crippen LogP contribution in [0.2, 0.25) is 5.02 Å². The highest BCUT2D eigenvalue weighted by molar-refractivity contribution is 6.33. The van der Waals surface area contributed by atoms with Gasteiger partial charge in [0.1, 0.15) is 5.69 Å². The summed E-state index contributed by atoms with van der Waals surface area (Å²) in [5.74, 6) is -0.352. The van der Waals surface area contributed by atoms with Crippen molar-refractivity contribution in [1.29, 1.82) is 0 Å². The van der Waals surface area contributed by atoms with Gasteiger partial charge in [0.2, 0.25) is 0 Å². The average molecular weight is 401 g/mol. The molecule has 0 aliphatic carbocycles. The molecule has 0 fully saturated rings. The molecule has 0 aliphatic heterocycles. The van der Waals surface area contributed by atoms with Crippen molar-refractivity contribution in [2.24, 2.45) is 5.10 Å². The number of amides is 1. The van der Waals surface area contributed by atoms with Crippen molar-refractivity contribution < 1.29 is 4.79 Å². The van der Waals surface area contributed by atoms with E-state index in [4.69, 9.17) is 11.6 Å². The average Bonchev–Trinajstić information content (AvgIpc) is 3.22. The van der Waals surface area contributed by atoms with Gasteiger partial charge in [-0.2, -0.15) is 10.2 Å². The van der Waals surface area contributed by atoms with E-state index in [-0.39, 0.29) is 5.91 Å². The Hall–Kier alpha value is -3.70. The minimum atomic E-state index is -0.352. The lowest BCUT2D eigenvalue weighted by Gasteiger charge is -2.01. The molecule has 0 aliphatic rings. The zero-order chi connectivity index (χ0) is 20.1. The maximum atomic E-state index is 12.8. The number of carbonyl (C=O) groups is 1. The number of benzene rings is 3. The van der Waals surface area contributed by atoms with E-state index in [9.17, 15) is 4.79 Å². The Balaban J connectivity index is 1.65. The van der Waals surface area contributed by atoms with E-state index in [1.807, 2.05) is 78.9 Å². The molecule has 29 heavy (non-hydrogen) atoms. The van der Waals surface area contributed by atoms with Crippen LogP contribution in [0.25, 0.3) is 16.9 Å². The standard InChI is InChI=1S/C23H17ClN4O/c24-21-14-8-7-11-18(21)15-25-26-23(29)20-16-28(19-12-5-2-6-13-19)27-22(20)17-9-3-1-4-10-17/h1-16H,(H,26,29)/b25-15+. The smallest absolute Gasteiger partial charge is 0.267 e. The van der Waals surface area contributed by atoms with E-state index in [1.54, 1.807) is 16.9 Å². The zero-order valence-corrected chi connectivity index (χ0v) is 16.1. The van der Waals surface area contributed by atoms with E-state index in [0.29, 0.717) is 16.3 Å². The van der Waals surface area contributed by atoms with E-state index in [1.165, 1.54) is 6.21 Å². The van der Waals surface area contributed by atoms with Crippen LogP contribution in [0, 0.1) is 0 Å². The predicted molar refractivity (Wildman–Crippen MR) is 116 cm³/mol. The quantitative estimate of drug-likeness (QED) is 0.380. The van der Waals surface area contributed by atoms with Gasteiger partial charge in [-0.25, -0.2) is 10.1 Å². The van der Waals surface area contributed by atoms with Crippen molar-refractivity contribution in [3.63, 3.8) is 0 Å². The number of hydrazone groups is 1. The summed E-state index contributed by atoms with van der Waals surface area (Å²) in [7, 11) is 0. The number of nitrogens with one attached hydrogen (secondary N) is 1. The molecule has 1 amide bonds. The van der Waals surface area contributed by atoms with Crippen LogP contribution in [-0.2, 0) is 0 Å². The van der Waals surface area contributed by atoms with Gasteiger partial charge >= 0.3 is 0 Å². The minimum absolute atomic E-state index is 0.352. The minimum Gasteiger partial charge on any atom is -0.267 e. The number of para-hydroxylation sites is 1. The Morgan fingerprint density at radius 1 is 0.931 bits per heavy atom. The molecule has 0 bridgehead atoms. The van der Waals surface area contributed by atoms with Gasteiger partial charge in [0, 0.05) is 22.3 Å². The van der Waals surface area contributed by atoms with E-state index < -0.39 is 0 Å². The molecule has 0 saturated heterocycles. The van der Waals surface area contributed by atoms with Crippen molar-refractivity contribution in [3.05, 3.63) is 107 Å². The monoisotopic (exact) mass is 400 g/mol. The number of rotatable bonds is 5. The van der Waals surface area contributed by atoms with Crippen molar-refractivity contribution in [3.8, 4) is 16.9 Å². The second-order valence-electron chi connectivity index (χ2n) is 6.26. The zero-order valence-electron chi connectivity index (χ0n) is 15.4. The summed E-state index contributed by atoms with van der Waals surface area (Å²) >= 11 is 6.12. The number of hydrogen-bond donors (Lipinski definition) is 1. The highest BCUT2D eigenvalue weighted by Crippen LogP contribution is 2.23. The molecule has 0 atom stereocenters. The molecular weight excluding hydrogens is 384 g/mol. The van der Waals surface area contributed by atoms with Gasteiger partial charge in [-0.1, -0.05) is 78.3 Å². The topological polar surface area (TPSA) is 59.3 Å². The highest BCUT2D eigenvalue weighted by Gasteiger charge is 2.18. The SMILES string of the molecule is O=C(N/N=C/c1ccccc1Cl)c1cn(-c2ccccc2)nc1-c1ccccc1. The summed E-state index contributed by atoms with van der Waals surface area (Å²) in [6.45, 7) is 0. The molecule has 1 N–H and O–H groups in total. The van der Waals surface area contributed by atoms with Crippen LogP contribution in [0.4, 0.5) is 0 Å². The summed E-state index contributed by atoms with van der Waals surface area (Å²) < 4.78 is 1.69. The van der Waals surface area contributed by atoms with E-state index >= 15 is 0 Å². The van der Waals surface area contributed by atoms with Crippen molar-refractivity contribution >= 4 is 23.7 Å². The first-order valence-electron chi connectivity index (χ1n) is 9.01. The molecule has 0 saturated carbocycles. The maximum Gasteiger partial charge on any atom is 0.275 e. The van der Waals surface area contributed by atoms with Gasteiger partial charge in [0.15, 0.2) is 0 Å². The van der Waals surface area contributed by atoms with Gasteiger partial charge < -0.3 is 0 Å². The van der Waals surface area contributed by atoms with E-state index in [2.05, 4.69) is 15.6 Å². The molecule has 3 aromatic carbocycles. The number of aromatic nitrogens is 2. The normalized spacial score (nSPS) is 10.9. The lowest BCUT2D eigenvalue weighted by atomic mass is 10.1. The van der Waals surface area contributed by atoms with Crippen molar-refractivity contribution in [1.82, 2.24) is 15.2 Å². The van der Waals surface area contributed by atoms with Crippen LogP contribution in [0.15, 0.2) is 96.2 Å². The molecule has 0 unspecified atom stereocenters. The summed E-state index contributed by atoms with van der Waals surface area (Å²) in [5.41, 5.74) is 6.01. The van der Waals surface area contributed by atoms with Gasteiger partial charge in [-0.3, -0.25) is 4.79 Å². The fourth-order valence-electron chi connectivity index (χ4n) is 2.86. The predicted octanol–water partition coefficient (Wildman–Crippen LogP) is 4.96. The summed E-state index contributed by atoms with van der Waals surface area (Å²) in [4.78, 5) is 12.8. The third-order valence-corrected chi connectivity index (χ3v) is 4.65. The van der Waals surface area contributed by atoms with Crippen LogP contribution >= 0.6 is 11.6 Å². The highest BCUT2D eigenvalue weighted by atomic mass is 35.5. The molecule has 4 rings (SSSR count). The Morgan fingerprint density at radius 3 is 2.31 bits per heavy atom. The first kappa shape index (κ1) is 18.7. The molecular formula is C23H17ClN4O. The van der Waals surface area contributed by atoms with Crippen LogP contribution < -0.4 is 5.43 Å². The third kappa shape index (κ3) is 4.25. The molecule has 6 heteroatoms. The lowest BCUT2D eigenvalue weighted by molar-refractivity contribution is 0.0956.